The monoisotopic (exact) mass is 438 g/mol. The maximum atomic E-state index is 13.3. The largest absolute Gasteiger partial charge is 0.459 e. The van der Waals surface area contributed by atoms with Crippen molar-refractivity contribution in [2.24, 2.45) is 0 Å². The topological polar surface area (TPSA) is 75.2 Å². The van der Waals surface area contributed by atoms with E-state index in [4.69, 9.17) is 13.7 Å². The van der Waals surface area contributed by atoms with Gasteiger partial charge in [0.05, 0.1) is 31.6 Å². The van der Waals surface area contributed by atoms with Gasteiger partial charge in [-0.2, -0.15) is 0 Å². The van der Waals surface area contributed by atoms with Gasteiger partial charge in [-0.25, -0.2) is 0 Å². The third-order valence-electron chi connectivity index (χ3n) is 5.54. The molecule has 1 fully saturated rings. The molecular weight excluding hydrogens is 408 g/mol. The number of hydrogen-bond donors (Lipinski definition) is 0. The molecule has 0 unspecified atom stereocenters. The van der Waals surface area contributed by atoms with Crippen molar-refractivity contribution >= 4 is 11.8 Å². The van der Waals surface area contributed by atoms with Crippen LogP contribution in [0.2, 0.25) is 0 Å². The summed E-state index contributed by atoms with van der Waals surface area (Å²) >= 11 is 0. The first kappa shape index (κ1) is 22.1. The van der Waals surface area contributed by atoms with Gasteiger partial charge in [-0.3, -0.25) is 4.79 Å². The first-order valence-electron chi connectivity index (χ1n) is 10.9. The van der Waals surface area contributed by atoms with E-state index in [1.165, 1.54) is 6.26 Å². The van der Waals surface area contributed by atoms with Gasteiger partial charge in [-0.05, 0) is 39.2 Å². The number of hydrogen-bond acceptors (Lipinski definition) is 7. The van der Waals surface area contributed by atoms with Crippen LogP contribution in [0.3, 0.4) is 0 Å². The van der Waals surface area contributed by atoms with Crippen molar-refractivity contribution in [2.75, 3.05) is 58.4 Å². The number of furan rings is 1. The summed E-state index contributed by atoms with van der Waals surface area (Å²) in [6.45, 7) is 6.41. The number of benzene rings is 1. The Morgan fingerprint density at radius 3 is 2.62 bits per heavy atom. The molecule has 0 saturated carbocycles. The van der Waals surface area contributed by atoms with Crippen LogP contribution in [0.1, 0.15) is 21.7 Å². The Hall–Kier alpha value is -3.10. The van der Waals surface area contributed by atoms with Crippen molar-refractivity contribution < 1.29 is 18.5 Å². The highest BCUT2D eigenvalue weighted by Crippen LogP contribution is 2.33. The molecule has 0 spiro atoms. The number of amides is 1. The van der Waals surface area contributed by atoms with E-state index in [0.717, 1.165) is 42.0 Å². The molecule has 0 atom stereocenters. The van der Waals surface area contributed by atoms with Crippen molar-refractivity contribution in [3.05, 3.63) is 59.5 Å². The minimum absolute atomic E-state index is 0.152. The number of rotatable bonds is 8. The quantitative estimate of drug-likeness (QED) is 0.534. The lowest BCUT2D eigenvalue weighted by atomic mass is 10.0. The molecule has 1 aliphatic heterocycles. The second kappa shape index (κ2) is 10.0. The molecule has 1 aliphatic rings. The number of carbonyl (C=O) groups is 1. The molecule has 4 rings (SSSR count). The van der Waals surface area contributed by atoms with Crippen molar-refractivity contribution in [1.82, 2.24) is 15.0 Å². The van der Waals surface area contributed by atoms with Crippen LogP contribution < -0.4 is 4.90 Å². The van der Waals surface area contributed by atoms with Crippen LogP contribution in [0.5, 0.6) is 0 Å². The fraction of sp³-hybridized carbons (Fsp3) is 0.417. The molecule has 3 aromatic rings. The molecule has 32 heavy (non-hydrogen) atoms. The number of morpholine rings is 1. The van der Waals surface area contributed by atoms with E-state index in [2.05, 4.69) is 34.0 Å². The van der Waals surface area contributed by atoms with E-state index in [-0.39, 0.29) is 5.91 Å². The van der Waals surface area contributed by atoms with Gasteiger partial charge in [0.25, 0.3) is 5.91 Å². The van der Waals surface area contributed by atoms with Gasteiger partial charge in [0.1, 0.15) is 5.69 Å². The molecule has 8 heteroatoms. The summed E-state index contributed by atoms with van der Waals surface area (Å²) < 4.78 is 16.8. The van der Waals surface area contributed by atoms with E-state index in [9.17, 15) is 4.79 Å². The standard InChI is InChI=1S/C24H30N4O4/c1-18-6-4-7-19(16-18)22-20(24(32-25-22)27-11-14-30-15-12-27)17-28(10-9-26(2)3)23(29)21-8-5-13-31-21/h4-8,13,16H,9-12,14-15,17H2,1-3H3. The highest BCUT2D eigenvalue weighted by molar-refractivity contribution is 5.91. The summed E-state index contributed by atoms with van der Waals surface area (Å²) in [7, 11) is 3.98. The molecule has 170 valence electrons. The van der Waals surface area contributed by atoms with Crippen LogP contribution in [0, 0.1) is 6.92 Å². The summed E-state index contributed by atoms with van der Waals surface area (Å²) in [5.74, 6) is 0.873. The van der Waals surface area contributed by atoms with E-state index >= 15 is 0 Å². The SMILES string of the molecule is Cc1cccc(-c2noc(N3CCOCC3)c2CN(CCN(C)C)C(=O)c2ccco2)c1. The van der Waals surface area contributed by atoms with Gasteiger partial charge in [0.15, 0.2) is 5.76 Å². The van der Waals surface area contributed by atoms with Crippen LogP contribution in [-0.2, 0) is 11.3 Å². The minimum Gasteiger partial charge on any atom is -0.459 e. The predicted octanol–water partition coefficient (Wildman–Crippen LogP) is 3.28. The molecule has 0 radical (unpaired) electrons. The molecule has 8 nitrogen and oxygen atoms in total. The smallest absolute Gasteiger partial charge is 0.289 e. The van der Waals surface area contributed by atoms with Gasteiger partial charge in [0, 0.05) is 31.7 Å². The molecule has 3 heterocycles. The van der Waals surface area contributed by atoms with Crippen LogP contribution >= 0.6 is 0 Å². The number of likely N-dealkylation sites (N-methyl/N-ethyl adjacent to an activating group) is 1. The fourth-order valence-corrected chi connectivity index (χ4v) is 3.80. The van der Waals surface area contributed by atoms with E-state index < -0.39 is 0 Å². The average molecular weight is 439 g/mol. The minimum atomic E-state index is -0.152. The molecule has 0 bridgehead atoms. The van der Waals surface area contributed by atoms with Crippen molar-refractivity contribution in [1.29, 1.82) is 0 Å². The lowest BCUT2D eigenvalue weighted by Gasteiger charge is -2.28. The second-order valence-electron chi connectivity index (χ2n) is 8.29. The maximum Gasteiger partial charge on any atom is 0.289 e. The van der Waals surface area contributed by atoms with Crippen molar-refractivity contribution in [2.45, 2.75) is 13.5 Å². The zero-order chi connectivity index (χ0) is 22.5. The number of carbonyl (C=O) groups excluding carboxylic acids is 1. The second-order valence-corrected chi connectivity index (χ2v) is 8.29. The average Bonchev–Trinajstić information content (AvgIpc) is 3.47. The molecule has 2 aromatic heterocycles. The Morgan fingerprint density at radius 2 is 1.94 bits per heavy atom. The summed E-state index contributed by atoms with van der Waals surface area (Å²) in [6.07, 6.45) is 1.52. The maximum absolute atomic E-state index is 13.3. The number of ether oxygens (including phenoxy) is 1. The third-order valence-corrected chi connectivity index (χ3v) is 5.54. The lowest BCUT2D eigenvalue weighted by molar-refractivity contribution is 0.0699. The molecule has 1 saturated heterocycles. The summed E-state index contributed by atoms with van der Waals surface area (Å²) in [6, 6.07) is 11.6. The molecule has 0 aliphatic carbocycles. The van der Waals surface area contributed by atoms with Crippen LogP contribution in [0.25, 0.3) is 11.3 Å². The normalized spacial score (nSPS) is 14.2. The summed E-state index contributed by atoms with van der Waals surface area (Å²) in [5.41, 5.74) is 3.77. The highest BCUT2D eigenvalue weighted by Gasteiger charge is 2.28. The van der Waals surface area contributed by atoms with Crippen molar-refractivity contribution in [3.63, 3.8) is 0 Å². The first-order chi connectivity index (χ1) is 15.5. The van der Waals surface area contributed by atoms with Crippen LogP contribution in [-0.4, -0.2) is 74.4 Å². The number of anilines is 1. The lowest BCUT2D eigenvalue weighted by Crippen LogP contribution is -2.38. The molecule has 0 N–H and O–H groups in total. The Bertz CT molecular complexity index is 1020. The number of aryl methyl sites for hydroxylation is 1. The van der Waals surface area contributed by atoms with Crippen LogP contribution in [0.4, 0.5) is 5.88 Å². The highest BCUT2D eigenvalue weighted by atomic mass is 16.5. The number of nitrogens with zero attached hydrogens (tertiary/aromatic N) is 4. The van der Waals surface area contributed by atoms with Crippen LogP contribution in [0.15, 0.2) is 51.6 Å². The fourth-order valence-electron chi connectivity index (χ4n) is 3.80. The zero-order valence-corrected chi connectivity index (χ0v) is 18.9. The molecule has 1 amide bonds. The zero-order valence-electron chi connectivity index (χ0n) is 18.9. The van der Waals surface area contributed by atoms with E-state index in [1.54, 1.807) is 17.0 Å². The summed E-state index contributed by atoms with van der Waals surface area (Å²) in [4.78, 5) is 19.3. The van der Waals surface area contributed by atoms with E-state index in [1.807, 2.05) is 26.2 Å². The van der Waals surface area contributed by atoms with Gasteiger partial charge in [0.2, 0.25) is 5.88 Å². The summed E-state index contributed by atoms with van der Waals surface area (Å²) in [5, 5.41) is 4.44. The van der Waals surface area contributed by atoms with Gasteiger partial charge < -0.3 is 28.4 Å². The van der Waals surface area contributed by atoms with Crippen molar-refractivity contribution in [3.8, 4) is 11.3 Å². The first-order valence-corrected chi connectivity index (χ1v) is 10.9. The van der Waals surface area contributed by atoms with Gasteiger partial charge in [-0.1, -0.05) is 28.9 Å². The molecular formula is C24H30N4O4. The third kappa shape index (κ3) is 5.03. The van der Waals surface area contributed by atoms with Gasteiger partial charge >= 0.3 is 0 Å². The van der Waals surface area contributed by atoms with Gasteiger partial charge in [-0.15, -0.1) is 0 Å². The number of aromatic nitrogens is 1. The Kier molecular flexibility index (Phi) is 6.92. The predicted molar refractivity (Wildman–Crippen MR) is 122 cm³/mol. The van der Waals surface area contributed by atoms with E-state index in [0.29, 0.717) is 37.9 Å². The Morgan fingerprint density at radius 1 is 1.12 bits per heavy atom. The Balaban J connectivity index is 1.72. The Labute approximate surface area is 188 Å². The molecule has 1 aromatic carbocycles.